The average molecular weight is 1880 g/mol. The van der Waals surface area contributed by atoms with Gasteiger partial charge in [-0.25, -0.2) is 4.98 Å². The van der Waals surface area contributed by atoms with Crippen LogP contribution in [0.25, 0.3) is 21.8 Å². The summed E-state index contributed by atoms with van der Waals surface area (Å²) in [5.41, 5.74) is 19.3. The zero-order valence-corrected chi connectivity index (χ0v) is 75.8. The van der Waals surface area contributed by atoms with Gasteiger partial charge in [0.1, 0.15) is 90.3 Å². The van der Waals surface area contributed by atoms with E-state index in [0.29, 0.717) is 63.1 Å². The fraction of sp³-hybridized carbons (Fsp3) is 0.500. The van der Waals surface area contributed by atoms with Crippen LogP contribution >= 0.6 is 11.8 Å². The summed E-state index contributed by atoms with van der Waals surface area (Å²) in [5, 5.41) is 69.4. The second kappa shape index (κ2) is 48.9. The molecule has 0 spiro atoms. The van der Waals surface area contributed by atoms with Crippen LogP contribution in [0.3, 0.4) is 0 Å². The fourth-order valence-corrected chi connectivity index (χ4v) is 17.1. The van der Waals surface area contributed by atoms with E-state index in [4.69, 9.17) is 17.2 Å². The highest BCUT2D eigenvalue weighted by atomic mass is 32.2. The topological polar surface area (TPSA) is 680 Å². The number of rotatable bonds is 25. The van der Waals surface area contributed by atoms with E-state index in [1.807, 2.05) is 0 Å². The molecule has 9 rings (SSSR count). The zero-order chi connectivity index (χ0) is 97.9. The molecule has 3 aliphatic heterocycles. The quantitative estimate of drug-likeness (QED) is 0.0257. The standard InChI is InChI=1S/C88H118N22O23S/c1-7-9-20-66-81(126)101-60(36-74(118)119)79(124)105-65(76(121)95-40-72(91)116)43-134-44-73(117)97-61(30-47-23-25-51(112)26-24-47)84(129)106(4)46(3)75(120)102-63(35-71(90)115)87(132)109-29-15-22-67(109)82(127)100-59(33-50-39-92-45-96-50)78(123)98-57(27-28-70(89)114)86(131)110-41-52(113)34-69(110)83(128)99-58(31-48-37-93-55-18-13-11-16-53(48)55)77(122)104-64(42-111)80(125)103-62(32-49-38-94-56-19-14-12-17-54(49)56)85(130)108(6)68(21-10-8-2)88(133)107(66)5/h11-14,16-19,23-26,37-39,45-46,52,57-69,93-94,111-113H,7-10,15,20-22,27-36,40-44H2,1-6H3,(H2,89,114)(H2,90,115)(H2,91,116)(H,92,96)(H,95,121)(H,97,117)(H,98,123)(H,99,128)(H,100,127)(H,101,126)(H,102,120)(H,103,125)(H,104,122)(H,105,124)(H,118,119)/t46-,52+,57-,58-,59-,60-,61-,62-,63-,64-,65-,66-,67-,68-,69-/m0/s1. The number of hydrogen-bond donors (Lipinski definition) is 20. The number of aromatic amines is 3. The Hall–Kier alpha value is -14.1. The van der Waals surface area contributed by atoms with E-state index < -0.39 is 273 Å². The lowest BCUT2D eigenvalue weighted by atomic mass is 10.00. The van der Waals surface area contributed by atoms with Gasteiger partial charge in [0.2, 0.25) is 106 Å². The number of carbonyl (C=O) groups excluding carboxylic acids is 18. The van der Waals surface area contributed by atoms with Crippen LogP contribution in [-0.2, 0) is 117 Å². The molecule has 3 saturated heterocycles. The second-order valence-electron chi connectivity index (χ2n) is 33.5. The van der Waals surface area contributed by atoms with Gasteiger partial charge >= 0.3 is 5.97 Å². The maximum atomic E-state index is 15.7. The van der Waals surface area contributed by atoms with Crippen LogP contribution in [0.15, 0.2) is 97.7 Å². The molecule has 0 saturated carbocycles. The van der Waals surface area contributed by atoms with Crippen molar-refractivity contribution in [1.29, 1.82) is 0 Å². The van der Waals surface area contributed by atoms with Gasteiger partial charge in [-0.05, 0) is 80.0 Å². The molecule has 18 amide bonds. The Kier molecular flexibility index (Phi) is 37.8. The van der Waals surface area contributed by atoms with Gasteiger partial charge in [-0.1, -0.05) is 88.1 Å². The number of carboxylic acids is 1. The first kappa shape index (κ1) is 104. The largest absolute Gasteiger partial charge is 0.508 e. The Morgan fingerprint density at radius 2 is 1.05 bits per heavy atom. The number of benzene rings is 3. The van der Waals surface area contributed by atoms with Crippen LogP contribution < -0.4 is 70.4 Å². The normalized spacial score (nSPS) is 24.8. The van der Waals surface area contributed by atoms with Crippen molar-refractivity contribution in [2.75, 3.05) is 58.9 Å². The predicted molar refractivity (Wildman–Crippen MR) is 482 cm³/mol. The number of aliphatic hydroxyl groups excluding tert-OH is 2. The molecular weight excluding hydrogens is 1770 g/mol. The number of H-pyrrole nitrogens is 3. The number of phenols is 1. The summed E-state index contributed by atoms with van der Waals surface area (Å²) < 4.78 is 0. The second-order valence-corrected chi connectivity index (χ2v) is 34.5. The number of unbranched alkanes of at least 4 members (excludes halogenated alkanes) is 2. The highest BCUT2D eigenvalue weighted by Crippen LogP contribution is 2.28. The molecule has 0 unspecified atom stereocenters. The fourth-order valence-electron chi connectivity index (χ4n) is 16.2. The molecule has 46 heteroatoms. The third-order valence-electron chi connectivity index (χ3n) is 23.7. The average Bonchev–Trinajstić information content (AvgIpc) is 1.37. The first-order valence-electron chi connectivity index (χ1n) is 44.0. The van der Waals surface area contributed by atoms with Gasteiger partial charge in [-0.15, -0.1) is 11.8 Å². The van der Waals surface area contributed by atoms with E-state index in [1.165, 1.54) is 64.9 Å². The van der Waals surface area contributed by atoms with Crippen molar-refractivity contribution in [3.63, 3.8) is 0 Å². The monoisotopic (exact) mass is 1880 g/mol. The molecule has 3 fully saturated rings. The Balaban J connectivity index is 1.10. The van der Waals surface area contributed by atoms with Crippen LogP contribution in [0, 0.1) is 0 Å². The third-order valence-corrected chi connectivity index (χ3v) is 24.7. The number of aliphatic carboxylic acids is 1. The zero-order valence-electron chi connectivity index (χ0n) is 75.0. The SMILES string of the molecule is CCCC[C@H]1C(=O)N(C)[C@@H](CCCC)C(=O)N[C@@H](CC(=O)O)C(=O)N[C@H](C(=O)NCC(N)=O)CSCC(=O)N[C@@H](Cc2ccc(O)cc2)C(=O)N(C)[C@@H](C)C(=O)N[C@@H](CC(N)=O)C(=O)N2CCC[C@H]2C(=O)N[C@@H](Cc2c[nH]cn2)C(=O)N[C@@H](CCC(N)=O)C(=O)N2C[C@H](O)C[C@H]2C(=O)N[C@@H](Cc2c[nH]c3ccccc23)C(=O)N[C@@H](CO)C(=O)N[C@@H](Cc2c[nH]c3ccccc23)C(=O)N1C. The minimum atomic E-state index is -2.04. The lowest BCUT2D eigenvalue weighted by Gasteiger charge is -2.36. The summed E-state index contributed by atoms with van der Waals surface area (Å²) in [6.07, 6.45) is 0.452. The molecule has 0 aliphatic carbocycles. The van der Waals surface area contributed by atoms with Crippen molar-refractivity contribution in [3.05, 3.63) is 120 Å². The minimum Gasteiger partial charge on any atom is -0.508 e. The number of carboxylic acid groups (broad SMARTS) is 1. The van der Waals surface area contributed by atoms with E-state index >= 15 is 33.6 Å². The highest BCUT2D eigenvalue weighted by molar-refractivity contribution is 8.00. The first-order chi connectivity index (χ1) is 63.8. The van der Waals surface area contributed by atoms with Crippen molar-refractivity contribution in [2.24, 2.45) is 17.2 Å². The Bertz CT molecular complexity index is 5260. The minimum absolute atomic E-state index is 0.0755. The van der Waals surface area contributed by atoms with E-state index in [0.717, 1.165) is 24.5 Å². The molecule has 15 atom stereocenters. The van der Waals surface area contributed by atoms with E-state index in [2.05, 4.69) is 73.1 Å². The van der Waals surface area contributed by atoms with Crippen molar-refractivity contribution < 1.29 is 112 Å². The van der Waals surface area contributed by atoms with Gasteiger partial charge in [0.15, 0.2) is 0 Å². The van der Waals surface area contributed by atoms with Crippen LogP contribution in [0.5, 0.6) is 5.75 Å². The summed E-state index contributed by atoms with van der Waals surface area (Å²) >= 11 is 0.668. The number of phenolic OH excluding ortho intramolecular Hbond substituents is 1. The number of likely N-dealkylation sites (N-methyl/N-ethyl adjacent to an activating group) is 3. The van der Waals surface area contributed by atoms with Crippen molar-refractivity contribution in [2.45, 2.75) is 221 Å². The van der Waals surface area contributed by atoms with E-state index in [9.17, 15) is 78.0 Å². The number of nitrogens with one attached hydrogen (secondary N) is 13. The van der Waals surface area contributed by atoms with Crippen LogP contribution in [0.1, 0.15) is 127 Å². The number of aromatic nitrogens is 4. The molecule has 23 N–H and O–H groups in total. The van der Waals surface area contributed by atoms with Crippen LogP contribution in [0.4, 0.5) is 0 Å². The van der Waals surface area contributed by atoms with Gasteiger partial charge in [-0.2, -0.15) is 0 Å². The number of aliphatic hydroxyl groups is 2. The summed E-state index contributed by atoms with van der Waals surface area (Å²) in [6, 6.07) is -4.48. The van der Waals surface area contributed by atoms with Crippen LogP contribution in [-0.4, -0.2) is 327 Å². The van der Waals surface area contributed by atoms with Gasteiger partial charge in [0.25, 0.3) is 0 Å². The maximum Gasteiger partial charge on any atom is 0.305 e. The lowest BCUT2D eigenvalue weighted by Crippen LogP contribution is -2.62. The predicted octanol–water partition coefficient (Wildman–Crippen LogP) is -4.50. The van der Waals surface area contributed by atoms with E-state index in [-0.39, 0.29) is 75.8 Å². The Morgan fingerprint density at radius 1 is 0.522 bits per heavy atom. The molecule has 6 aromatic rings. The number of imidazole rings is 1. The lowest BCUT2D eigenvalue weighted by molar-refractivity contribution is -0.150. The molecule has 6 heterocycles. The number of hydrogen-bond acceptors (Lipinski definition) is 24. The van der Waals surface area contributed by atoms with Gasteiger partial charge in [0.05, 0.1) is 49.9 Å². The number of thioether (sulfide) groups is 1. The highest BCUT2D eigenvalue weighted by Gasteiger charge is 2.47. The number of nitrogens with zero attached hydrogens (tertiary/aromatic N) is 6. The summed E-state index contributed by atoms with van der Waals surface area (Å²) in [6.45, 7) is 2.08. The number of nitrogens with two attached hydrogens (primary N) is 3. The Morgan fingerprint density at radius 3 is 1.64 bits per heavy atom. The first-order valence-corrected chi connectivity index (χ1v) is 45.2. The van der Waals surface area contributed by atoms with Gasteiger partial charge in [0, 0.05) is 119 Å². The summed E-state index contributed by atoms with van der Waals surface area (Å²) in [5.74, 6) is -21.8. The molecule has 45 nitrogen and oxygen atoms in total. The number of amides is 18. The maximum absolute atomic E-state index is 15.7. The molecule has 134 heavy (non-hydrogen) atoms. The molecule has 3 aliphatic rings. The summed E-state index contributed by atoms with van der Waals surface area (Å²) in [7, 11) is 3.70. The number of primary amides is 3. The number of aromatic hydroxyl groups is 1. The van der Waals surface area contributed by atoms with Crippen molar-refractivity contribution >= 4 is 146 Å². The van der Waals surface area contributed by atoms with Crippen molar-refractivity contribution in [3.8, 4) is 5.75 Å². The van der Waals surface area contributed by atoms with Crippen LogP contribution in [0.2, 0.25) is 0 Å². The summed E-state index contributed by atoms with van der Waals surface area (Å²) in [4.78, 5) is 292. The number of carbonyl (C=O) groups is 19. The number of para-hydroxylation sites is 2. The molecule has 0 bridgehead atoms. The Labute approximate surface area is 773 Å². The van der Waals surface area contributed by atoms with Gasteiger partial charge < -0.3 is 130 Å². The third kappa shape index (κ3) is 28.3. The van der Waals surface area contributed by atoms with E-state index in [1.54, 1.807) is 74.8 Å². The molecule has 724 valence electrons. The van der Waals surface area contributed by atoms with Gasteiger partial charge in [-0.3, -0.25) is 91.1 Å². The molecule has 3 aromatic carbocycles. The molecule has 3 aromatic heterocycles. The molecule has 0 radical (unpaired) electrons. The smallest absolute Gasteiger partial charge is 0.305 e. The molecular formula is C88H118N22O23S. The number of fused-ring (bicyclic) bond motifs is 4. The van der Waals surface area contributed by atoms with Crippen molar-refractivity contribution in [1.82, 2.24) is 97.6 Å².